The summed E-state index contributed by atoms with van der Waals surface area (Å²) in [6.07, 6.45) is 6.11. The van der Waals surface area contributed by atoms with Crippen LogP contribution in [0, 0.1) is 17.8 Å². The lowest BCUT2D eigenvalue weighted by atomic mass is 9.89. The van der Waals surface area contributed by atoms with Crippen LogP contribution in [-0.4, -0.2) is 94.4 Å². The van der Waals surface area contributed by atoms with Crippen molar-refractivity contribution in [3.63, 3.8) is 0 Å². The second kappa shape index (κ2) is 16.9. The Morgan fingerprint density at radius 3 is 1.95 bits per heavy atom. The zero-order valence-corrected chi connectivity index (χ0v) is 35.2. The summed E-state index contributed by atoms with van der Waals surface area (Å²) in [6, 6.07) is 21.9. The predicted octanol–water partition coefficient (Wildman–Crippen LogP) is 7.89. The summed E-state index contributed by atoms with van der Waals surface area (Å²) >= 11 is 0. The van der Waals surface area contributed by atoms with Crippen LogP contribution in [0.1, 0.15) is 83.6 Å². The molecule has 314 valence electrons. The van der Waals surface area contributed by atoms with E-state index >= 15 is 0 Å². The summed E-state index contributed by atoms with van der Waals surface area (Å²) in [4.78, 5) is 68.9. The first-order chi connectivity index (χ1) is 28.9. The van der Waals surface area contributed by atoms with Gasteiger partial charge in [0.25, 0.3) is 0 Å². The number of aromatic amines is 1. The molecule has 3 aromatic carbocycles. The molecule has 1 aliphatic carbocycles. The number of piperidine rings is 1. The van der Waals surface area contributed by atoms with Crippen LogP contribution in [0.15, 0.2) is 77.9 Å². The van der Waals surface area contributed by atoms with Gasteiger partial charge in [0.1, 0.15) is 17.9 Å². The molecule has 4 amide bonds. The van der Waals surface area contributed by atoms with Gasteiger partial charge in [-0.15, -0.1) is 0 Å². The second-order valence-electron chi connectivity index (χ2n) is 17.3. The minimum Gasteiger partial charge on any atom is -0.453 e. The Bertz CT molecular complexity index is 2330. The number of alkyl carbamates (subject to hydrolysis) is 2. The van der Waals surface area contributed by atoms with E-state index in [-0.39, 0.29) is 41.8 Å². The maximum atomic E-state index is 14.0. The molecular weight excluding hydrogens is 759 g/mol. The third-order valence-electron chi connectivity index (χ3n) is 12.9. The Balaban J connectivity index is 0.919. The number of H-pyrrole nitrogens is 1. The van der Waals surface area contributed by atoms with Gasteiger partial charge in [-0.2, -0.15) is 0 Å². The Hall–Kier alpha value is -5.98. The number of hydrogen-bond acceptors (Lipinski definition) is 8. The van der Waals surface area contributed by atoms with Gasteiger partial charge < -0.3 is 34.9 Å². The quantitative estimate of drug-likeness (QED) is 0.139. The fourth-order valence-electron chi connectivity index (χ4n) is 9.69. The molecule has 60 heavy (non-hydrogen) atoms. The summed E-state index contributed by atoms with van der Waals surface area (Å²) in [5.41, 5.74) is 9.35. The highest BCUT2D eigenvalue weighted by Gasteiger charge is 2.52. The Labute approximate surface area is 351 Å². The van der Waals surface area contributed by atoms with Gasteiger partial charge in [0.15, 0.2) is 0 Å². The van der Waals surface area contributed by atoms with Crippen LogP contribution in [0.25, 0.3) is 38.9 Å². The number of ether oxygens (including phenoxy) is 2. The zero-order chi connectivity index (χ0) is 42.2. The molecular formula is C47H55N7O6. The van der Waals surface area contributed by atoms with Crippen LogP contribution in [0.4, 0.5) is 9.59 Å². The van der Waals surface area contributed by atoms with E-state index in [0.29, 0.717) is 18.9 Å². The lowest BCUT2D eigenvalue weighted by Crippen LogP contribution is -2.57. The van der Waals surface area contributed by atoms with Gasteiger partial charge in [-0.25, -0.2) is 14.6 Å². The normalized spacial score (nSPS) is 21.9. The van der Waals surface area contributed by atoms with Crippen molar-refractivity contribution in [1.82, 2.24) is 30.4 Å². The van der Waals surface area contributed by atoms with Crippen LogP contribution < -0.4 is 10.6 Å². The van der Waals surface area contributed by atoms with Crippen molar-refractivity contribution in [2.75, 3.05) is 20.8 Å². The molecule has 4 aromatic rings. The first kappa shape index (κ1) is 40.8. The van der Waals surface area contributed by atoms with Gasteiger partial charge in [0.05, 0.1) is 37.3 Å². The van der Waals surface area contributed by atoms with E-state index in [4.69, 9.17) is 19.5 Å². The van der Waals surface area contributed by atoms with Crippen LogP contribution in [0.3, 0.4) is 0 Å². The van der Waals surface area contributed by atoms with E-state index in [1.54, 1.807) is 0 Å². The number of carbonyl (C=O) groups excluding carboxylic acids is 4. The number of likely N-dealkylation sites (tertiary alicyclic amines) is 2. The highest BCUT2D eigenvalue weighted by atomic mass is 16.5. The first-order valence-corrected chi connectivity index (χ1v) is 21.2. The standard InChI is InChI=1S/C47H55N7O6/c1-26(2)40(51-46(57)59-5)44(55)53-21-7-8-39(53)43-49-36-20-18-32(23-37(36)50-43)30-13-9-28(10-14-30)29-11-15-31(16-12-29)34-24-38(48-25-34)42-33-17-19-35(22-33)54(42)45(56)41(27(3)4)52-47(58)60-6/h9-16,18,20,23,25-27,33,35,39-42H,7-8,17,19,21-22,24H2,1-6H3,(H,49,50)(H,51,57)(H,52,58)/t33-,35+,39-,40-,41-,42-/m0/s1. The predicted molar refractivity (Wildman–Crippen MR) is 231 cm³/mol. The van der Waals surface area contributed by atoms with Gasteiger partial charge in [-0.1, -0.05) is 82.3 Å². The Morgan fingerprint density at radius 2 is 1.33 bits per heavy atom. The average Bonchev–Trinajstić information content (AvgIpc) is 4.12. The smallest absolute Gasteiger partial charge is 0.407 e. The van der Waals surface area contributed by atoms with Crippen LogP contribution >= 0.6 is 0 Å². The maximum Gasteiger partial charge on any atom is 0.407 e. The van der Waals surface area contributed by atoms with Crippen molar-refractivity contribution >= 4 is 46.3 Å². The number of nitrogens with one attached hydrogen (secondary N) is 3. The summed E-state index contributed by atoms with van der Waals surface area (Å²) in [5.74, 6) is 0.757. The summed E-state index contributed by atoms with van der Waals surface area (Å²) in [5, 5.41) is 5.49. The molecule has 4 heterocycles. The highest BCUT2D eigenvalue weighted by molar-refractivity contribution is 6.04. The van der Waals surface area contributed by atoms with E-state index < -0.39 is 24.3 Å². The number of benzene rings is 3. The van der Waals surface area contributed by atoms with E-state index in [2.05, 4.69) is 76.3 Å². The summed E-state index contributed by atoms with van der Waals surface area (Å²) in [7, 11) is 2.61. The second-order valence-corrected chi connectivity index (χ2v) is 17.3. The molecule has 1 saturated carbocycles. The zero-order valence-electron chi connectivity index (χ0n) is 35.2. The molecule has 1 aromatic heterocycles. The molecule has 8 rings (SSSR count). The van der Waals surface area contributed by atoms with E-state index in [9.17, 15) is 19.2 Å². The minimum absolute atomic E-state index is 0.0519. The Morgan fingerprint density at radius 1 is 0.750 bits per heavy atom. The SMILES string of the molecule is COC(=O)N[C@H](C(=O)N1CCC[C@H]1c1nc2ccc(-c3ccc(-c4ccc(C5=CN=C([C@@H]6[C@H]7CC[C@H](C7)N6C(=O)[C@@H](NC(=O)OC)C(C)C)C5)cc4)cc3)cc2[nH]1)C(C)C. The van der Waals surface area contributed by atoms with Gasteiger partial charge in [-0.3, -0.25) is 14.6 Å². The number of carbonyl (C=O) groups is 4. The third kappa shape index (κ3) is 7.89. The molecule has 13 heteroatoms. The maximum absolute atomic E-state index is 14.0. The van der Waals surface area contributed by atoms with Crippen molar-refractivity contribution in [2.45, 2.75) is 96.4 Å². The number of aromatic nitrogens is 2. The largest absolute Gasteiger partial charge is 0.453 e. The molecule has 13 nitrogen and oxygen atoms in total. The number of nitrogens with zero attached hydrogens (tertiary/aromatic N) is 4. The van der Waals surface area contributed by atoms with Crippen LogP contribution in [0.5, 0.6) is 0 Å². The van der Waals surface area contributed by atoms with Crippen molar-refractivity contribution in [3.05, 3.63) is 84.3 Å². The van der Waals surface area contributed by atoms with Gasteiger partial charge >= 0.3 is 12.2 Å². The number of hydrogen-bond donors (Lipinski definition) is 3. The minimum atomic E-state index is -0.686. The fraction of sp³-hybridized carbons (Fsp3) is 0.447. The molecule has 0 spiro atoms. The van der Waals surface area contributed by atoms with Gasteiger partial charge in [0, 0.05) is 30.9 Å². The molecule has 3 N–H and O–H groups in total. The van der Waals surface area contributed by atoms with Crippen LogP contribution in [0.2, 0.25) is 0 Å². The number of methoxy groups -OCH3 is 2. The highest BCUT2D eigenvalue weighted by Crippen LogP contribution is 2.45. The fourth-order valence-corrected chi connectivity index (χ4v) is 9.69. The number of aliphatic imine (C=N–C) groups is 1. The number of fused-ring (bicyclic) bond motifs is 3. The summed E-state index contributed by atoms with van der Waals surface area (Å²) in [6.45, 7) is 8.31. The number of rotatable bonds is 11. The summed E-state index contributed by atoms with van der Waals surface area (Å²) < 4.78 is 9.61. The number of allylic oxidation sites excluding steroid dienone is 1. The lowest BCUT2D eigenvalue weighted by molar-refractivity contribution is -0.137. The van der Waals surface area contributed by atoms with Crippen LogP contribution in [-0.2, 0) is 19.1 Å². The number of amides is 4. The van der Waals surface area contributed by atoms with Crippen molar-refractivity contribution < 1.29 is 28.7 Å². The molecule has 3 aliphatic heterocycles. The Kier molecular flexibility index (Phi) is 11.5. The molecule has 2 saturated heterocycles. The molecule has 0 unspecified atom stereocenters. The van der Waals surface area contributed by atoms with Gasteiger partial charge in [-0.05, 0) is 95.4 Å². The third-order valence-corrected chi connectivity index (χ3v) is 12.9. The van der Waals surface area contributed by atoms with Crippen molar-refractivity contribution in [2.24, 2.45) is 22.7 Å². The lowest BCUT2D eigenvalue weighted by Gasteiger charge is -2.38. The van der Waals surface area contributed by atoms with E-state index in [1.807, 2.05) is 49.8 Å². The van der Waals surface area contributed by atoms with E-state index in [1.165, 1.54) is 14.2 Å². The van der Waals surface area contributed by atoms with Crippen molar-refractivity contribution in [1.29, 1.82) is 0 Å². The molecule has 6 atom stereocenters. The van der Waals surface area contributed by atoms with Gasteiger partial charge in [0.2, 0.25) is 11.8 Å². The average molecular weight is 814 g/mol. The van der Waals surface area contributed by atoms with Crippen molar-refractivity contribution in [3.8, 4) is 22.3 Å². The first-order valence-electron chi connectivity index (χ1n) is 21.2. The molecule has 2 bridgehead atoms. The monoisotopic (exact) mass is 813 g/mol. The van der Waals surface area contributed by atoms with E-state index in [0.717, 1.165) is 88.1 Å². The molecule has 0 radical (unpaired) electrons. The molecule has 4 aliphatic rings. The number of imidazole rings is 1. The topological polar surface area (TPSA) is 158 Å². The molecule has 3 fully saturated rings.